The highest BCUT2D eigenvalue weighted by atomic mass is 35.5. The molecule has 4 aromatic rings. The topological polar surface area (TPSA) is 63.0 Å². The van der Waals surface area contributed by atoms with Gasteiger partial charge in [0.05, 0.1) is 23.7 Å². The zero-order valence-electron chi connectivity index (χ0n) is 19.7. The number of thiophene rings is 2. The van der Waals surface area contributed by atoms with Crippen LogP contribution in [0.1, 0.15) is 37.5 Å². The normalized spacial score (nSPS) is 14.9. The van der Waals surface area contributed by atoms with Gasteiger partial charge < -0.3 is 19.0 Å². The van der Waals surface area contributed by atoms with Gasteiger partial charge in [0, 0.05) is 16.4 Å². The Morgan fingerprint density at radius 3 is 2.81 bits per heavy atom. The van der Waals surface area contributed by atoms with Gasteiger partial charge in [0.1, 0.15) is 24.7 Å². The van der Waals surface area contributed by atoms with Crippen molar-refractivity contribution in [3.05, 3.63) is 97.2 Å². The Labute approximate surface area is 222 Å². The second-order valence-electron chi connectivity index (χ2n) is 8.59. The highest BCUT2D eigenvalue weighted by molar-refractivity contribution is 7.12. The highest BCUT2D eigenvalue weighted by Crippen LogP contribution is 2.34. The van der Waals surface area contributed by atoms with Crippen LogP contribution in [0.3, 0.4) is 0 Å². The minimum atomic E-state index is -0.245. The molecule has 2 amide bonds. The molecule has 9 heteroatoms. The van der Waals surface area contributed by atoms with Crippen LogP contribution >= 0.6 is 34.3 Å². The maximum atomic E-state index is 13.7. The van der Waals surface area contributed by atoms with E-state index in [9.17, 15) is 9.59 Å². The smallest absolute Gasteiger partial charge is 0.264 e. The van der Waals surface area contributed by atoms with Crippen molar-refractivity contribution in [2.45, 2.75) is 25.9 Å². The fourth-order valence-corrected chi connectivity index (χ4v) is 6.09. The Kier molecular flexibility index (Phi) is 7.46. The number of carbonyl (C=O) groups excluding carboxylic acids is 2. The molecule has 1 aromatic carbocycles. The van der Waals surface area contributed by atoms with Gasteiger partial charge in [0.2, 0.25) is 5.91 Å². The summed E-state index contributed by atoms with van der Waals surface area (Å²) < 4.78 is 11.6. The molecule has 6 nitrogen and oxygen atoms in total. The van der Waals surface area contributed by atoms with E-state index in [1.807, 2.05) is 47.5 Å². The van der Waals surface area contributed by atoms with Gasteiger partial charge in [-0.1, -0.05) is 17.7 Å². The molecule has 186 valence electrons. The van der Waals surface area contributed by atoms with Crippen LogP contribution in [-0.4, -0.2) is 41.3 Å². The number of carbonyl (C=O) groups is 2. The summed E-state index contributed by atoms with van der Waals surface area (Å²) in [5.41, 5.74) is 2.04. The summed E-state index contributed by atoms with van der Waals surface area (Å²) in [6.07, 6.45) is 2.35. The van der Waals surface area contributed by atoms with Crippen LogP contribution in [0.25, 0.3) is 0 Å². The van der Waals surface area contributed by atoms with Crippen molar-refractivity contribution in [3.63, 3.8) is 0 Å². The van der Waals surface area contributed by atoms with Gasteiger partial charge in [-0.05, 0) is 77.7 Å². The second kappa shape index (κ2) is 10.9. The number of amides is 2. The van der Waals surface area contributed by atoms with Crippen LogP contribution < -0.4 is 4.74 Å². The first-order chi connectivity index (χ1) is 17.5. The summed E-state index contributed by atoms with van der Waals surface area (Å²) in [7, 11) is 0. The summed E-state index contributed by atoms with van der Waals surface area (Å²) in [6, 6.07) is 14.6. The molecule has 0 saturated carbocycles. The third-order valence-electron chi connectivity index (χ3n) is 6.22. The summed E-state index contributed by atoms with van der Waals surface area (Å²) >= 11 is 9.23. The van der Waals surface area contributed by atoms with Crippen molar-refractivity contribution in [1.29, 1.82) is 0 Å². The average Bonchev–Trinajstić information content (AvgIpc) is 3.66. The van der Waals surface area contributed by atoms with Crippen LogP contribution in [0.5, 0.6) is 5.75 Å². The number of nitrogens with zero attached hydrogens (tertiary/aromatic N) is 2. The van der Waals surface area contributed by atoms with Gasteiger partial charge >= 0.3 is 0 Å². The summed E-state index contributed by atoms with van der Waals surface area (Å²) in [5, 5.41) is 4.60. The highest BCUT2D eigenvalue weighted by Gasteiger charge is 2.34. The molecular formula is C27H25ClN2O4S2. The van der Waals surface area contributed by atoms with Crippen LogP contribution in [0.4, 0.5) is 0 Å². The number of rotatable bonds is 8. The van der Waals surface area contributed by atoms with E-state index in [1.54, 1.807) is 34.6 Å². The lowest BCUT2D eigenvalue weighted by Gasteiger charge is -2.37. The van der Waals surface area contributed by atoms with E-state index in [-0.39, 0.29) is 30.9 Å². The quantitative estimate of drug-likeness (QED) is 0.266. The predicted octanol–water partition coefficient (Wildman–Crippen LogP) is 6.21. The SMILES string of the molecule is Cc1cc(OC[C@H]2c3ccsc3CCN2C(=O)CN(Cc2ccco2)C(=O)c2cccs2)ccc1Cl. The molecule has 1 aliphatic rings. The van der Waals surface area contributed by atoms with E-state index in [0.29, 0.717) is 34.6 Å². The molecule has 1 aliphatic heterocycles. The molecule has 0 N–H and O–H groups in total. The van der Waals surface area contributed by atoms with Crippen molar-refractivity contribution >= 4 is 46.1 Å². The lowest BCUT2D eigenvalue weighted by atomic mass is 10.0. The number of benzene rings is 1. The fraction of sp³-hybridized carbons (Fsp3) is 0.259. The lowest BCUT2D eigenvalue weighted by molar-refractivity contribution is -0.135. The first-order valence-corrected chi connectivity index (χ1v) is 13.7. The second-order valence-corrected chi connectivity index (χ2v) is 10.9. The Morgan fingerprint density at radius 2 is 2.06 bits per heavy atom. The average molecular weight is 541 g/mol. The summed E-state index contributed by atoms with van der Waals surface area (Å²) in [4.78, 5) is 32.2. The van der Waals surface area contributed by atoms with Gasteiger partial charge in [-0.15, -0.1) is 22.7 Å². The van der Waals surface area contributed by atoms with Gasteiger partial charge in [-0.2, -0.15) is 0 Å². The van der Waals surface area contributed by atoms with Crippen LogP contribution in [-0.2, 0) is 17.8 Å². The molecule has 1 atom stereocenters. The van der Waals surface area contributed by atoms with E-state index < -0.39 is 0 Å². The largest absolute Gasteiger partial charge is 0.491 e. The van der Waals surface area contributed by atoms with Crippen LogP contribution in [0.15, 0.2) is 70.0 Å². The van der Waals surface area contributed by atoms with E-state index in [1.165, 1.54) is 16.2 Å². The number of fused-ring (bicyclic) bond motifs is 1. The molecule has 0 spiro atoms. The monoisotopic (exact) mass is 540 g/mol. The number of furan rings is 1. The molecule has 3 aromatic heterocycles. The van der Waals surface area contributed by atoms with E-state index >= 15 is 0 Å². The molecule has 0 radical (unpaired) electrons. The third-order valence-corrected chi connectivity index (χ3v) is 8.50. The predicted molar refractivity (Wildman–Crippen MR) is 142 cm³/mol. The van der Waals surface area contributed by atoms with Crippen molar-refractivity contribution in [1.82, 2.24) is 9.80 Å². The summed E-state index contributed by atoms with van der Waals surface area (Å²) in [6.45, 7) is 2.99. The van der Waals surface area contributed by atoms with Crippen molar-refractivity contribution < 1.29 is 18.7 Å². The first-order valence-electron chi connectivity index (χ1n) is 11.6. The van der Waals surface area contributed by atoms with Gasteiger partial charge in [-0.3, -0.25) is 9.59 Å². The Morgan fingerprint density at radius 1 is 1.17 bits per heavy atom. The summed E-state index contributed by atoms with van der Waals surface area (Å²) in [5.74, 6) is 1.03. The maximum absolute atomic E-state index is 13.7. The zero-order chi connectivity index (χ0) is 25.1. The fourth-order valence-electron chi connectivity index (χ4n) is 4.36. The molecular weight excluding hydrogens is 516 g/mol. The Bertz CT molecular complexity index is 1330. The third kappa shape index (κ3) is 5.36. The van der Waals surface area contributed by atoms with Gasteiger partial charge in [-0.25, -0.2) is 0 Å². The van der Waals surface area contributed by atoms with Crippen molar-refractivity contribution in [3.8, 4) is 5.75 Å². The number of aryl methyl sites for hydroxylation is 1. The molecule has 4 heterocycles. The van der Waals surface area contributed by atoms with Gasteiger partial charge in [0.15, 0.2) is 0 Å². The minimum Gasteiger partial charge on any atom is -0.491 e. The molecule has 0 fully saturated rings. The zero-order valence-corrected chi connectivity index (χ0v) is 22.1. The van der Waals surface area contributed by atoms with Crippen molar-refractivity contribution in [2.75, 3.05) is 19.7 Å². The van der Waals surface area contributed by atoms with E-state index in [0.717, 1.165) is 17.5 Å². The number of halogens is 1. The van der Waals surface area contributed by atoms with E-state index in [2.05, 4.69) is 11.4 Å². The molecule has 0 saturated heterocycles. The molecule has 0 unspecified atom stereocenters. The maximum Gasteiger partial charge on any atom is 0.264 e. The number of hydrogen-bond donors (Lipinski definition) is 0. The Hall–Kier alpha value is -3.07. The standard InChI is InChI=1S/C27H25ClN2O4S2/c1-18-14-19(6-7-22(18)28)34-17-23-21-9-13-36-24(21)8-10-30(23)26(31)16-29(15-20-4-2-11-33-20)27(32)25-5-3-12-35-25/h2-7,9,11-14,23H,8,10,15-17H2,1H3/t23-/m0/s1. The van der Waals surface area contributed by atoms with Crippen LogP contribution in [0, 0.1) is 6.92 Å². The molecule has 0 bridgehead atoms. The minimum absolute atomic E-state index is 0.0482. The van der Waals surface area contributed by atoms with Crippen LogP contribution in [0.2, 0.25) is 5.02 Å². The Balaban J connectivity index is 1.36. The molecule has 5 rings (SSSR count). The molecule has 0 aliphatic carbocycles. The lowest BCUT2D eigenvalue weighted by Crippen LogP contribution is -2.47. The van der Waals surface area contributed by atoms with Gasteiger partial charge in [0.25, 0.3) is 5.91 Å². The van der Waals surface area contributed by atoms with E-state index in [4.69, 9.17) is 20.8 Å². The van der Waals surface area contributed by atoms with Crippen molar-refractivity contribution in [2.24, 2.45) is 0 Å². The number of ether oxygens (including phenoxy) is 1. The molecule has 36 heavy (non-hydrogen) atoms. The first kappa shape index (κ1) is 24.6. The number of hydrogen-bond acceptors (Lipinski definition) is 6.